The molecule has 0 spiro atoms. The molecule has 3 aromatic rings. The Hall–Kier alpha value is -2.48. The number of hydrogen-bond acceptors (Lipinski definition) is 6. The van der Waals surface area contributed by atoms with Crippen molar-refractivity contribution in [1.82, 2.24) is 24.4 Å². The van der Waals surface area contributed by atoms with Gasteiger partial charge in [-0.25, -0.2) is 15.0 Å². The van der Waals surface area contributed by atoms with Gasteiger partial charge in [0, 0.05) is 33.2 Å². The molecule has 130 valence electrons. The number of piperidine rings is 1. The highest BCUT2D eigenvalue weighted by atomic mass is 32.1. The summed E-state index contributed by atoms with van der Waals surface area (Å²) in [6.45, 7) is 1.77. The monoisotopic (exact) mass is 356 g/mol. The Morgan fingerprint density at radius 1 is 1.32 bits per heavy atom. The highest BCUT2D eigenvalue weighted by Crippen LogP contribution is 2.29. The summed E-state index contributed by atoms with van der Waals surface area (Å²) in [4.78, 5) is 30.7. The lowest BCUT2D eigenvalue weighted by atomic mass is 10.0. The van der Waals surface area contributed by atoms with Crippen molar-refractivity contribution < 1.29 is 4.79 Å². The van der Waals surface area contributed by atoms with E-state index in [1.54, 1.807) is 34.8 Å². The van der Waals surface area contributed by atoms with E-state index in [2.05, 4.69) is 31.3 Å². The van der Waals surface area contributed by atoms with Crippen LogP contribution in [0.3, 0.4) is 0 Å². The van der Waals surface area contributed by atoms with Crippen molar-refractivity contribution >= 4 is 33.3 Å². The molecule has 1 amide bonds. The lowest BCUT2D eigenvalue weighted by Gasteiger charge is -2.37. The largest absolute Gasteiger partial charge is 0.356 e. The lowest BCUT2D eigenvalue weighted by Crippen LogP contribution is -2.46. The Kier molecular flexibility index (Phi) is 4.12. The van der Waals surface area contributed by atoms with Crippen LogP contribution in [0, 0.1) is 0 Å². The van der Waals surface area contributed by atoms with Gasteiger partial charge in [-0.05, 0) is 24.3 Å². The third-order valence-electron chi connectivity index (χ3n) is 4.91. The summed E-state index contributed by atoms with van der Waals surface area (Å²) in [7, 11) is 3.73. The van der Waals surface area contributed by atoms with Crippen LogP contribution in [0.25, 0.3) is 10.2 Å². The summed E-state index contributed by atoms with van der Waals surface area (Å²) < 4.78 is 1.77. The molecule has 25 heavy (non-hydrogen) atoms. The maximum Gasteiger partial charge on any atom is 0.272 e. The molecule has 0 saturated carbocycles. The zero-order valence-corrected chi connectivity index (χ0v) is 15.1. The molecule has 7 nitrogen and oxygen atoms in total. The minimum atomic E-state index is 0.0284. The zero-order valence-electron chi connectivity index (χ0n) is 14.3. The van der Waals surface area contributed by atoms with E-state index in [1.165, 1.54) is 0 Å². The van der Waals surface area contributed by atoms with Gasteiger partial charge in [-0.15, -0.1) is 11.3 Å². The second-order valence-corrected chi connectivity index (χ2v) is 7.26. The maximum atomic E-state index is 12.6. The van der Waals surface area contributed by atoms with E-state index in [0.717, 1.165) is 42.0 Å². The van der Waals surface area contributed by atoms with Crippen molar-refractivity contribution in [2.75, 3.05) is 25.0 Å². The summed E-state index contributed by atoms with van der Waals surface area (Å²) in [6, 6.07) is 2.32. The third-order valence-corrected chi connectivity index (χ3v) is 5.73. The smallest absolute Gasteiger partial charge is 0.272 e. The first-order valence-corrected chi connectivity index (χ1v) is 9.19. The zero-order chi connectivity index (χ0) is 17.4. The first-order chi connectivity index (χ1) is 12.1. The van der Waals surface area contributed by atoms with Gasteiger partial charge in [0.25, 0.3) is 5.91 Å². The Labute approximate surface area is 149 Å². The maximum absolute atomic E-state index is 12.6. The fourth-order valence-electron chi connectivity index (χ4n) is 3.40. The number of rotatable bonds is 3. The number of carbonyl (C=O) groups excluding carboxylic acids is 1. The number of aromatic nitrogens is 4. The summed E-state index contributed by atoms with van der Waals surface area (Å²) in [5, 5.41) is 3.17. The molecule has 4 rings (SSSR count). The van der Waals surface area contributed by atoms with E-state index in [4.69, 9.17) is 0 Å². The van der Waals surface area contributed by atoms with Crippen LogP contribution >= 0.6 is 11.3 Å². The van der Waals surface area contributed by atoms with Gasteiger partial charge in [-0.2, -0.15) is 0 Å². The molecule has 3 aromatic heterocycles. The topological polar surface area (TPSA) is 67.2 Å². The summed E-state index contributed by atoms with van der Waals surface area (Å²) in [5.41, 5.74) is 0.626. The number of hydrogen-bond donors (Lipinski definition) is 0. The quantitative estimate of drug-likeness (QED) is 0.719. The fourth-order valence-corrected chi connectivity index (χ4v) is 4.13. The fraction of sp³-hybridized carbons (Fsp3) is 0.412. The Balaban J connectivity index is 1.45. The second kappa shape index (κ2) is 6.44. The molecule has 0 bridgehead atoms. The Morgan fingerprint density at radius 2 is 2.12 bits per heavy atom. The van der Waals surface area contributed by atoms with E-state index in [1.807, 2.05) is 19.0 Å². The summed E-state index contributed by atoms with van der Waals surface area (Å²) in [5.74, 6) is 1.03. The van der Waals surface area contributed by atoms with Gasteiger partial charge < -0.3 is 14.4 Å². The number of thiophene rings is 1. The molecule has 1 saturated heterocycles. The van der Waals surface area contributed by atoms with Crippen molar-refractivity contribution in [3.05, 3.63) is 36.0 Å². The van der Waals surface area contributed by atoms with Gasteiger partial charge >= 0.3 is 0 Å². The number of carbonyl (C=O) groups is 1. The van der Waals surface area contributed by atoms with Crippen LogP contribution < -0.4 is 4.90 Å². The summed E-state index contributed by atoms with van der Waals surface area (Å²) in [6.07, 6.45) is 6.77. The average molecular weight is 356 g/mol. The van der Waals surface area contributed by atoms with Gasteiger partial charge in [-0.1, -0.05) is 0 Å². The van der Waals surface area contributed by atoms with Gasteiger partial charge in [0.15, 0.2) is 0 Å². The lowest BCUT2D eigenvalue weighted by molar-refractivity contribution is 0.0699. The molecule has 1 fully saturated rings. The Bertz CT molecular complexity index is 895. The van der Waals surface area contributed by atoms with Crippen molar-refractivity contribution in [1.29, 1.82) is 0 Å². The molecule has 1 aliphatic heterocycles. The third kappa shape index (κ3) is 2.86. The molecule has 0 radical (unpaired) electrons. The molecule has 0 aliphatic carbocycles. The molecule has 0 atom stereocenters. The van der Waals surface area contributed by atoms with E-state index in [9.17, 15) is 4.79 Å². The van der Waals surface area contributed by atoms with Crippen molar-refractivity contribution in [3.8, 4) is 0 Å². The molecule has 0 N–H and O–H groups in total. The van der Waals surface area contributed by atoms with Crippen LogP contribution in [0.1, 0.15) is 23.3 Å². The van der Waals surface area contributed by atoms with Gasteiger partial charge in [-0.3, -0.25) is 4.79 Å². The van der Waals surface area contributed by atoms with Crippen LogP contribution in [0.15, 0.2) is 30.3 Å². The van der Waals surface area contributed by atoms with Crippen LogP contribution in [0.5, 0.6) is 0 Å². The minimum Gasteiger partial charge on any atom is -0.356 e. The van der Waals surface area contributed by atoms with Crippen LogP contribution in [0.4, 0.5) is 5.82 Å². The first-order valence-electron chi connectivity index (χ1n) is 8.32. The number of imidazole rings is 1. The molecule has 8 heteroatoms. The van der Waals surface area contributed by atoms with E-state index in [-0.39, 0.29) is 11.9 Å². The SMILES string of the molecule is CN(C(=O)c1cncn1C)C1CCN(c2ncnc3sccc23)CC1. The van der Waals surface area contributed by atoms with Crippen molar-refractivity contribution in [2.45, 2.75) is 18.9 Å². The van der Waals surface area contributed by atoms with Gasteiger partial charge in [0.05, 0.1) is 17.9 Å². The molecule has 0 unspecified atom stereocenters. The molecular formula is C17H20N6OS. The first kappa shape index (κ1) is 16.0. The van der Waals surface area contributed by atoms with Crippen molar-refractivity contribution in [3.63, 3.8) is 0 Å². The number of amides is 1. The van der Waals surface area contributed by atoms with E-state index < -0.39 is 0 Å². The predicted molar refractivity (Wildman–Crippen MR) is 98.0 cm³/mol. The highest BCUT2D eigenvalue weighted by molar-refractivity contribution is 7.16. The Morgan fingerprint density at radius 3 is 2.84 bits per heavy atom. The number of anilines is 1. The number of nitrogens with zero attached hydrogens (tertiary/aromatic N) is 6. The highest BCUT2D eigenvalue weighted by Gasteiger charge is 2.28. The molecule has 0 aromatic carbocycles. The van der Waals surface area contributed by atoms with Crippen LogP contribution in [-0.2, 0) is 7.05 Å². The molecule has 4 heterocycles. The number of fused-ring (bicyclic) bond motifs is 1. The number of aryl methyl sites for hydroxylation is 1. The summed E-state index contributed by atoms with van der Waals surface area (Å²) >= 11 is 1.64. The van der Waals surface area contributed by atoms with E-state index in [0.29, 0.717) is 5.69 Å². The van der Waals surface area contributed by atoms with Crippen LogP contribution in [-0.4, -0.2) is 56.5 Å². The normalized spacial score (nSPS) is 15.7. The minimum absolute atomic E-state index is 0.0284. The average Bonchev–Trinajstić information content (AvgIpc) is 3.29. The molecular weight excluding hydrogens is 336 g/mol. The predicted octanol–water partition coefficient (Wildman–Crippen LogP) is 2.17. The standard InChI is InChI=1S/C17H20N6OS/c1-21-11-18-9-14(21)17(24)22(2)12-3-6-23(7-4-12)15-13-5-8-25-16(13)20-10-19-15/h5,8-12H,3-4,6-7H2,1-2H3. The molecule has 1 aliphatic rings. The van der Waals surface area contributed by atoms with Crippen molar-refractivity contribution in [2.24, 2.45) is 7.05 Å². The van der Waals surface area contributed by atoms with Crippen LogP contribution in [0.2, 0.25) is 0 Å². The van der Waals surface area contributed by atoms with Gasteiger partial charge in [0.2, 0.25) is 0 Å². The van der Waals surface area contributed by atoms with Gasteiger partial charge in [0.1, 0.15) is 22.7 Å². The second-order valence-electron chi connectivity index (χ2n) is 6.36. The van der Waals surface area contributed by atoms with E-state index >= 15 is 0 Å².